The van der Waals surface area contributed by atoms with E-state index in [0.29, 0.717) is 22.2 Å². The van der Waals surface area contributed by atoms with Gasteiger partial charge in [0.1, 0.15) is 5.82 Å². The Morgan fingerprint density at radius 3 is 2.65 bits per heavy atom. The molecule has 3 aromatic rings. The Labute approximate surface area is 155 Å². The zero-order chi connectivity index (χ0) is 19.0. The van der Waals surface area contributed by atoms with Crippen LogP contribution >= 0.6 is 11.8 Å². The van der Waals surface area contributed by atoms with E-state index < -0.39 is 5.25 Å². The zero-order valence-electron chi connectivity index (χ0n) is 15.3. The lowest BCUT2D eigenvalue weighted by Gasteiger charge is -2.10. The van der Waals surface area contributed by atoms with Gasteiger partial charge in [-0.1, -0.05) is 17.8 Å². The Bertz CT molecular complexity index is 1000. The fourth-order valence-electron chi connectivity index (χ4n) is 2.41. The molecule has 1 aromatic carbocycles. The maximum Gasteiger partial charge on any atom is 0.253 e. The van der Waals surface area contributed by atoms with E-state index in [9.17, 15) is 9.18 Å². The number of aromatic nitrogens is 4. The Morgan fingerprint density at radius 1 is 1.23 bits per heavy atom. The number of carbonyl (C=O) groups is 1. The van der Waals surface area contributed by atoms with Gasteiger partial charge in [-0.2, -0.15) is 4.98 Å². The number of aryl methyl sites for hydroxylation is 3. The van der Waals surface area contributed by atoms with Gasteiger partial charge in [-0.15, -0.1) is 5.10 Å². The van der Waals surface area contributed by atoms with Gasteiger partial charge in [0, 0.05) is 17.1 Å². The number of amides is 1. The fraction of sp³-hybridized carbons (Fsp3) is 0.333. The van der Waals surface area contributed by atoms with Crippen LogP contribution in [0.3, 0.4) is 0 Å². The van der Waals surface area contributed by atoms with Gasteiger partial charge in [0.05, 0.1) is 5.25 Å². The molecular formula is C18H20FN5OS. The van der Waals surface area contributed by atoms with Gasteiger partial charge >= 0.3 is 0 Å². The van der Waals surface area contributed by atoms with Crippen LogP contribution in [0.4, 0.5) is 10.1 Å². The largest absolute Gasteiger partial charge is 0.325 e. The SMILES string of the molecule is Cc1ccc(NC(=O)[C@H](C)Sc2nc3nc(C)c(C)c(C)n3n2)cc1F. The number of fused-ring (bicyclic) bond motifs is 1. The minimum Gasteiger partial charge on any atom is -0.325 e. The van der Waals surface area contributed by atoms with Crippen molar-refractivity contribution in [3.05, 3.63) is 46.5 Å². The lowest BCUT2D eigenvalue weighted by atomic mass is 10.2. The first kappa shape index (κ1) is 18.3. The van der Waals surface area contributed by atoms with Crippen molar-refractivity contribution in [3.8, 4) is 0 Å². The van der Waals surface area contributed by atoms with Crippen molar-refractivity contribution in [2.24, 2.45) is 0 Å². The second kappa shape index (κ2) is 7.03. The molecule has 3 rings (SSSR count). The van der Waals surface area contributed by atoms with Crippen molar-refractivity contribution >= 4 is 29.1 Å². The molecule has 8 heteroatoms. The van der Waals surface area contributed by atoms with Gasteiger partial charge in [-0.05, 0) is 57.9 Å². The number of anilines is 1. The molecule has 0 aliphatic rings. The summed E-state index contributed by atoms with van der Waals surface area (Å²) < 4.78 is 15.3. The minimum atomic E-state index is -0.445. The molecule has 136 valence electrons. The smallest absolute Gasteiger partial charge is 0.253 e. The predicted octanol–water partition coefficient (Wildman–Crippen LogP) is 3.62. The van der Waals surface area contributed by atoms with E-state index in [2.05, 4.69) is 20.4 Å². The summed E-state index contributed by atoms with van der Waals surface area (Å²) in [6, 6.07) is 4.62. The summed E-state index contributed by atoms with van der Waals surface area (Å²) in [4.78, 5) is 21.2. The third-order valence-corrected chi connectivity index (χ3v) is 5.28. The predicted molar refractivity (Wildman–Crippen MR) is 100 cm³/mol. The molecule has 0 saturated carbocycles. The van der Waals surface area contributed by atoms with E-state index in [1.807, 2.05) is 20.8 Å². The summed E-state index contributed by atoms with van der Waals surface area (Å²) in [6.07, 6.45) is 0. The summed E-state index contributed by atoms with van der Waals surface area (Å²) in [5, 5.41) is 7.18. The summed E-state index contributed by atoms with van der Waals surface area (Å²) in [6.45, 7) is 9.31. The Balaban J connectivity index is 1.75. The third kappa shape index (κ3) is 3.55. The fourth-order valence-corrected chi connectivity index (χ4v) is 3.16. The number of carbonyl (C=O) groups excluding carboxylic acids is 1. The molecule has 1 amide bonds. The molecule has 2 aromatic heterocycles. The number of hydrogen-bond donors (Lipinski definition) is 1. The van der Waals surface area contributed by atoms with Crippen LogP contribution in [-0.2, 0) is 4.79 Å². The molecule has 0 aliphatic heterocycles. The van der Waals surface area contributed by atoms with Gasteiger partial charge in [0.25, 0.3) is 5.78 Å². The van der Waals surface area contributed by atoms with Crippen molar-refractivity contribution in [1.29, 1.82) is 0 Å². The average Bonchev–Trinajstić information content (AvgIpc) is 2.98. The topological polar surface area (TPSA) is 72.2 Å². The summed E-state index contributed by atoms with van der Waals surface area (Å²) >= 11 is 1.24. The molecular weight excluding hydrogens is 353 g/mol. The summed E-state index contributed by atoms with van der Waals surface area (Å²) in [5.74, 6) is -0.0760. The third-order valence-electron chi connectivity index (χ3n) is 4.33. The maximum absolute atomic E-state index is 13.6. The number of thioether (sulfide) groups is 1. The van der Waals surface area contributed by atoms with Crippen LogP contribution in [0, 0.1) is 33.5 Å². The molecule has 6 nitrogen and oxygen atoms in total. The minimum absolute atomic E-state index is 0.242. The second-order valence-corrected chi connectivity index (χ2v) is 7.54. The molecule has 2 heterocycles. The Kier molecular flexibility index (Phi) is 4.95. The first-order chi connectivity index (χ1) is 12.3. The standard InChI is InChI=1S/C18H20FN5OS/c1-9-6-7-14(8-15(9)19)21-16(25)13(5)26-18-22-17-20-11(3)10(2)12(4)24(17)23-18/h6-8,13H,1-5H3,(H,21,25)/t13-/m0/s1. The van der Waals surface area contributed by atoms with Crippen LogP contribution in [0.5, 0.6) is 0 Å². The van der Waals surface area contributed by atoms with E-state index in [1.54, 1.807) is 30.5 Å². The monoisotopic (exact) mass is 373 g/mol. The highest BCUT2D eigenvalue weighted by Crippen LogP contribution is 2.23. The van der Waals surface area contributed by atoms with E-state index in [-0.39, 0.29) is 11.7 Å². The number of nitrogens with one attached hydrogen (secondary N) is 1. The molecule has 0 radical (unpaired) electrons. The van der Waals surface area contributed by atoms with Crippen molar-refractivity contribution in [2.45, 2.75) is 45.0 Å². The first-order valence-electron chi connectivity index (χ1n) is 8.20. The molecule has 0 unspecified atom stereocenters. The summed E-state index contributed by atoms with van der Waals surface area (Å²) in [5.41, 5.74) is 3.90. The highest BCUT2D eigenvalue weighted by atomic mass is 32.2. The first-order valence-corrected chi connectivity index (χ1v) is 9.08. The maximum atomic E-state index is 13.6. The molecule has 0 spiro atoms. The van der Waals surface area contributed by atoms with Crippen LogP contribution in [0.2, 0.25) is 0 Å². The highest BCUT2D eigenvalue weighted by Gasteiger charge is 2.19. The van der Waals surface area contributed by atoms with Gasteiger partial charge in [-0.25, -0.2) is 13.9 Å². The number of rotatable bonds is 4. The van der Waals surface area contributed by atoms with Gasteiger partial charge in [0.2, 0.25) is 11.1 Å². The molecule has 0 bridgehead atoms. The van der Waals surface area contributed by atoms with Gasteiger partial charge in [0.15, 0.2) is 0 Å². The van der Waals surface area contributed by atoms with Crippen LogP contribution in [0.1, 0.15) is 29.4 Å². The molecule has 1 N–H and O–H groups in total. The van der Waals surface area contributed by atoms with Crippen LogP contribution in [-0.4, -0.2) is 30.7 Å². The van der Waals surface area contributed by atoms with E-state index in [0.717, 1.165) is 17.0 Å². The second-order valence-electron chi connectivity index (χ2n) is 6.23. The Morgan fingerprint density at radius 2 is 1.96 bits per heavy atom. The number of nitrogens with zero attached hydrogens (tertiary/aromatic N) is 4. The van der Waals surface area contributed by atoms with E-state index in [4.69, 9.17) is 0 Å². The molecule has 0 fully saturated rings. The van der Waals surface area contributed by atoms with Crippen LogP contribution < -0.4 is 5.32 Å². The molecule has 1 atom stereocenters. The van der Waals surface area contributed by atoms with Crippen molar-refractivity contribution in [2.75, 3.05) is 5.32 Å². The van der Waals surface area contributed by atoms with Gasteiger partial charge < -0.3 is 5.32 Å². The number of hydrogen-bond acceptors (Lipinski definition) is 5. The van der Waals surface area contributed by atoms with Crippen molar-refractivity contribution in [1.82, 2.24) is 19.6 Å². The van der Waals surface area contributed by atoms with E-state index >= 15 is 0 Å². The molecule has 0 saturated heterocycles. The lowest BCUT2D eigenvalue weighted by Crippen LogP contribution is -2.22. The Hall–Kier alpha value is -2.48. The average molecular weight is 373 g/mol. The van der Waals surface area contributed by atoms with Crippen molar-refractivity contribution in [3.63, 3.8) is 0 Å². The highest BCUT2D eigenvalue weighted by molar-refractivity contribution is 8.00. The number of benzene rings is 1. The van der Waals surface area contributed by atoms with Crippen molar-refractivity contribution < 1.29 is 9.18 Å². The summed E-state index contributed by atoms with van der Waals surface area (Å²) in [7, 11) is 0. The molecule has 26 heavy (non-hydrogen) atoms. The quantitative estimate of drug-likeness (QED) is 0.707. The van der Waals surface area contributed by atoms with Crippen LogP contribution in [0.15, 0.2) is 23.4 Å². The normalized spacial score (nSPS) is 12.4. The molecule has 0 aliphatic carbocycles. The lowest BCUT2D eigenvalue weighted by molar-refractivity contribution is -0.115. The number of halogens is 1. The zero-order valence-corrected chi connectivity index (χ0v) is 16.1. The van der Waals surface area contributed by atoms with Crippen LogP contribution in [0.25, 0.3) is 5.78 Å². The van der Waals surface area contributed by atoms with E-state index in [1.165, 1.54) is 17.8 Å². The van der Waals surface area contributed by atoms with Gasteiger partial charge in [-0.3, -0.25) is 4.79 Å².